The molecule has 0 aliphatic heterocycles. The Morgan fingerprint density at radius 1 is 1.29 bits per heavy atom. The number of aromatic carboxylic acids is 1. The van der Waals surface area contributed by atoms with Crippen molar-refractivity contribution in [2.24, 2.45) is 0 Å². The lowest BCUT2D eigenvalue weighted by molar-refractivity contribution is 0.0697. The van der Waals surface area contributed by atoms with Crippen LogP contribution in [0.5, 0.6) is 0 Å². The molecule has 2 N–H and O–H groups in total. The van der Waals surface area contributed by atoms with Gasteiger partial charge in [-0.25, -0.2) is 4.79 Å². The Morgan fingerprint density at radius 3 is 2.65 bits per heavy atom. The first kappa shape index (κ1) is 11.7. The van der Waals surface area contributed by atoms with Gasteiger partial charge >= 0.3 is 5.97 Å². The predicted octanol–water partition coefficient (Wildman–Crippen LogP) is 3.30. The van der Waals surface area contributed by atoms with Gasteiger partial charge in [0.1, 0.15) is 0 Å². The summed E-state index contributed by atoms with van der Waals surface area (Å²) in [6.07, 6.45) is 7.17. The molecule has 3 heteroatoms. The third kappa shape index (κ3) is 3.34. The molecular weight excluding hydrogens is 214 g/mol. The molecule has 1 aromatic carbocycles. The number of rotatable bonds is 5. The highest BCUT2D eigenvalue weighted by Gasteiger charge is 2.04. The van der Waals surface area contributed by atoms with Crippen molar-refractivity contribution in [3.63, 3.8) is 0 Å². The average molecular weight is 231 g/mol. The lowest BCUT2D eigenvalue weighted by Gasteiger charge is -2.07. The van der Waals surface area contributed by atoms with Crippen LogP contribution in [0, 0.1) is 0 Å². The van der Waals surface area contributed by atoms with E-state index in [-0.39, 0.29) is 0 Å². The van der Waals surface area contributed by atoms with Crippen LogP contribution < -0.4 is 5.32 Å². The normalized spacial score (nSPS) is 14.5. The van der Waals surface area contributed by atoms with Gasteiger partial charge in [0, 0.05) is 12.2 Å². The zero-order chi connectivity index (χ0) is 12.1. The number of benzene rings is 1. The quantitative estimate of drug-likeness (QED) is 0.764. The molecule has 2 rings (SSSR count). The molecule has 0 radical (unpaired) electrons. The second-order valence-electron chi connectivity index (χ2n) is 4.31. The third-order valence-corrected chi connectivity index (χ3v) is 3.04. The van der Waals surface area contributed by atoms with Crippen molar-refractivity contribution in [1.82, 2.24) is 0 Å². The molecule has 3 nitrogen and oxygen atoms in total. The summed E-state index contributed by atoms with van der Waals surface area (Å²) in [5.74, 6) is -0.882. The van der Waals surface area contributed by atoms with Crippen LogP contribution in [0.2, 0.25) is 0 Å². The Bertz CT molecular complexity index is 420. The van der Waals surface area contributed by atoms with E-state index in [1.807, 2.05) is 12.1 Å². The van der Waals surface area contributed by atoms with Gasteiger partial charge in [-0.15, -0.1) is 0 Å². The van der Waals surface area contributed by atoms with Crippen LogP contribution in [0.25, 0.3) is 0 Å². The monoisotopic (exact) mass is 231 g/mol. The second kappa shape index (κ2) is 5.53. The molecule has 1 aromatic rings. The van der Waals surface area contributed by atoms with E-state index in [9.17, 15) is 4.79 Å². The maximum absolute atomic E-state index is 10.7. The molecule has 1 aliphatic rings. The van der Waals surface area contributed by atoms with Crippen molar-refractivity contribution in [3.05, 3.63) is 41.5 Å². The maximum Gasteiger partial charge on any atom is 0.335 e. The summed E-state index contributed by atoms with van der Waals surface area (Å²) >= 11 is 0. The maximum atomic E-state index is 10.7. The lowest BCUT2D eigenvalue weighted by Crippen LogP contribution is -2.03. The third-order valence-electron chi connectivity index (χ3n) is 3.04. The first-order chi connectivity index (χ1) is 8.25. The van der Waals surface area contributed by atoms with Crippen LogP contribution >= 0.6 is 0 Å². The molecule has 0 saturated heterocycles. The van der Waals surface area contributed by atoms with Gasteiger partial charge in [-0.05, 0) is 49.9 Å². The van der Waals surface area contributed by atoms with Crippen LogP contribution in [0.1, 0.15) is 36.0 Å². The molecule has 0 unspecified atom stereocenters. The molecule has 0 heterocycles. The highest BCUT2D eigenvalue weighted by atomic mass is 16.4. The minimum atomic E-state index is -0.882. The fraction of sp³-hybridized carbons (Fsp3) is 0.357. The standard InChI is InChI=1S/C14H17NO2/c16-14(17)12-5-7-13(8-6-12)15-10-9-11-3-1-2-4-11/h3,5-8,15H,1-2,4,9-10H2,(H,16,17). The minimum absolute atomic E-state index is 0.328. The molecule has 17 heavy (non-hydrogen) atoms. The number of carboxylic acid groups (broad SMARTS) is 1. The van der Waals surface area contributed by atoms with Crippen molar-refractivity contribution in [3.8, 4) is 0 Å². The largest absolute Gasteiger partial charge is 0.478 e. The Kier molecular flexibility index (Phi) is 3.81. The first-order valence-corrected chi connectivity index (χ1v) is 6.01. The van der Waals surface area contributed by atoms with E-state index in [0.717, 1.165) is 18.7 Å². The smallest absolute Gasteiger partial charge is 0.335 e. The topological polar surface area (TPSA) is 49.3 Å². The van der Waals surface area contributed by atoms with Crippen LogP contribution in [0.4, 0.5) is 5.69 Å². The van der Waals surface area contributed by atoms with Gasteiger partial charge in [0.05, 0.1) is 5.56 Å². The summed E-state index contributed by atoms with van der Waals surface area (Å²) in [6.45, 7) is 0.915. The molecule has 90 valence electrons. The Balaban J connectivity index is 1.80. The van der Waals surface area contributed by atoms with E-state index in [1.54, 1.807) is 17.7 Å². The molecule has 0 bridgehead atoms. The summed E-state index contributed by atoms with van der Waals surface area (Å²) in [5.41, 5.74) is 2.85. The molecular formula is C14H17NO2. The second-order valence-corrected chi connectivity index (χ2v) is 4.31. The van der Waals surface area contributed by atoms with E-state index < -0.39 is 5.97 Å². The van der Waals surface area contributed by atoms with Crippen LogP contribution in [-0.4, -0.2) is 17.6 Å². The first-order valence-electron chi connectivity index (χ1n) is 6.01. The van der Waals surface area contributed by atoms with Gasteiger partial charge in [0.15, 0.2) is 0 Å². The summed E-state index contributed by atoms with van der Waals surface area (Å²) < 4.78 is 0. The van der Waals surface area contributed by atoms with E-state index in [4.69, 9.17) is 5.11 Å². The number of anilines is 1. The Labute approximate surface area is 101 Å². The molecule has 0 saturated carbocycles. The average Bonchev–Trinajstić information content (AvgIpc) is 2.83. The number of nitrogens with one attached hydrogen (secondary N) is 1. The van der Waals surface area contributed by atoms with Crippen LogP contribution in [0.3, 0.4) is 0 Å². The SMILES string of the molecule is O=C(O)c1ccc(NCCC2=CCCC2)cc1. The van der Waals surface area contributed by atoms with Gasteiger partial charge in [-0.1, -0.05) is 11.6 Å². The molecule has 0 spiro atoms. The zero-order valence-electron chi connectivity index (χ0n) is 9.78. The fourth-order valence-electron chi connectivity index (χ4n) is 2.06. The number of hydrogen-bond donors (Lipinski definition) is 2. The van der Waals surface area contributed by atoms with E-state index in [1.165, 1.54) is 19.3 Å². The highest BCUT2D eigenvalue weighted by Crippen LogP contribution is 2.20. The van der Waals surface area contributed by atoms with Crippen molar-refractivity contribution in [2.75, 3.05) is 11.9 Å². The van der Waals surface area contributed by atoms with E-state index in [2.05, 4.69) is 11.4 Å². The Hall–Kier alpha value is -1.77. The van der Waals surface area contributed by atoms with Gasteiger partial charge in [0.2, 0.25) is 0 Å². The zero-order valence-corrected chi connectivity index (χ0v) is 9.78. The van der Waals surface area contributed by atoms with Crippen molar-refractivity contribution < 1.29 is 9.90 Å². The minimum Gasteiger partial charge on any atom is -0.478 e. The van der Waals surface area contributed by atoms with Gasteiger partial charge in [0.25, 0.3) is 0 Å². The number of carbonyl (C=O) groups is 1. The lowest BCUT2D eigenvalue weighted by atomic mass is 10.1. The number of carboxylic acids is 1. The van der Waals surface area contributed by atoms with Crippen molar-refractivity contribution >= 4 is 11.7 Å². The van der Waals surface area contributed by atoms with Gasteiger partial charge in [-0.2, -0.15) is 0 Å². The molecule has 0 aromatic heterocycles. The Morgan fingerprint density at radius 2 is 2.06 bits per heavy atom. The molecule has 0 atom stereocenters. The van der Waals surface area contributed by atoms with Gasteiger partial charge < -0.3 is 10.4 Å². The van der Waals surface area contributed by atoms with Crippen molar-refractivity contribution in [2.45, 2.75) is 25.7 Å². The molecule has 0 fully saturated rings. The fourth-order valence-corrected chi connectivity index (χ4v) is 2.06. The van der Waals surface area contributed by atoms with Crippen LogP contribution in [0.15, 0.2) is 35.9 Å². The van der Waals surface area contributed by atoms with E-state index >= 15 is 0 Å². The van der Waals surface area contributed by atoms with Crippen LogP contribution in [-0.2, 0) is 0 Å². The van der Waals surface area contributed by atoms with Gasteiger partial charge in [-0.3, -0.25) is 0 Å². The van der Waals surface area contributed by atoms with E-state index in [0.29, 0.717) is 5.56 Å². The number of hydrogen-bond acceptors (Lipinski definition) is 2. The molecule has 0 amide bonds. The number of allylic oxidation sites excluding steroid dienone is 1. The predicted molar refractivity (Wildman–Crippen MR) is 68.4 cm³/mol. The highest BCUT2D eigenvalue weighted by molar-refractivity contribution is 5.87. The van der Waals surface area contributed by atoms with Crippen molar-refractivity contribution in [1.29, 1.82) is 0 Å². The summed E-state index contributed by atoms with van der Waals surface area (Å²) in [7, 11) is 0. The summed E-state index contributed by atoms with van der Waals surface area (Å²) in [4.78, 5) is 10.7. The molecule has 1 aliphatic carbocycles. The summed E-state index contributed by atoms with van der Waals surface area (Å²) in [5, 5.41) is 12.1. The summed E-state index contributed by atoms with van der Waals surface area (Å²) in [6, 6.07) is 6.87.